The molecule has 0 aliphatic heterocycles. The van der Waals surface area contributed by atoms with E-state index < -0.39 is 42.5 Å². The number of nitrogens with zero attached hydrogens (tertiary/aromatic N) is 3. The van der Waals surface area contributed by atoms with Crippen LogP contribution in [0.1, 0.15) is 0 Å². The van der Waals surface area contributed by atoms with Crippen LogP contribution in [0.2, 0.25) is 0 Å². The summed E-state index contributed by atoms with van der Waals surface area (Å²) < 4.78 is 5.30. The van der Waals surface area contributed by atoms with Gasteiger partial charge in [-0.2, -0.15) is 0 Å². The highest BCUT2D eigenvalue weighted by Gasteiger charge is 2.24. The Bertz CT molecular complexity index is 1120. The lowest BCUT2D eigenvalue weighted by Gasteiger charge is -2.02. The number of nitro groups is 3. The van der Waals surface area contributed by atoms with Gasteiger partial charge in [0.25, 0.3) is 11.4 Å². The van der Waals surface area contributed by atoms with Crippen LogP contribution in [0.4, 0.5) is 17.1 Å². The molecule has 120 valence electrons. The molecule has 0 unspecified atom stereocenters. The summed E-state index contributed by atoms with van der Waals surface area (Å²) >= 11 is 0. The van der Waals surface area contributed by atoms with E-state index in [-0.39, 0.29) is 16.7 Å². The summed E-state index contributed by atoms with van der Waals surface area (Å²) in [4.78, 5) is 42.8. The normalized spacial score (nSPS) is 10.8. The van der Waals surface area contributed by atoms with Gasteiger partial charge in [0.05, 0.1) is 31.6 Å². The van der Waals surface area contributed by atoms with Crippen LogP contribution in [0.25, 0.3) is 21.9 Å². The van der Waals surface area contributed by atoms with Gasteiger partial charge >= 0.3 is 5.69 Å². The van der Waals surface area contributed by atoms with Crippen molar-refractivity contribution in [3.63, 3.8) is 0 Å². The quantitative estimate of drug-likeness (QED) is 0.402. The molecule has 0 aliphatic rings. The van der Waals surface area contributed by atoms with E-state index >= 15 is 0 Å². The lowest BCUT2D eigenvalue weighted by molar-refractivity contribution is -0.393. The van der Waals surface area contributed by atoms with Crippen LogP contribution in [-0.4, -0.2) is 14.8 Å². The van der Waals surface area contributed by atoms with Crippen molar-refractivity contribution >= 4 is 39.0 Å². The Balaban J connectivity index is 2.52. The van der Waals surface area contributed by atoms with E-state index in [0.717, 1.165) is 24.3 Å². The molecule has 0 spiro atoms. The third-order valence-corrected chi connectivity index (χ3v) is 3.34. The summed E-state index contributed by atoms with van der Waals surface area (Å²) in [6.45, 7) is 0. The van der Waals surface area contributed by atoms with Crippen LogP contribution in [-0.2, 0) is 0 Å². The van der Waals surface area contributed by atoms with E-state index in [1.54, 1.807) is 0 Å². The van der Waals surface area contributed by atoms with Crippen LogP contribution in [0.3, 0.4) is 0 Å². The van der Waals surface area contributed by atoms with Crippen molar-refractivity contribution in [2.75, 3.05) is 0 Å². The molecule has 3 aromatic rings. The van der Waals surface area contributed by atoms with Crippen LogP contribution in [0.5, 0.6) is 0 Å². The van der Waals surface area contributed by atoms with Gasteiger partial charge in [0.15, 0.2) is 0 Å². The van der Waals surface area contributed by atoms with Crippen molar-refractivity contribution < 1.29 is 19.2 Å². The Morgan fingerprint density at radius 3 is 2.00 bits per heavy atom. The Morgan fingerprint density at radius 1 is 0.792 bits per heavy atom. The van der Waals surface area contributed by atoms with E-state index in [0.29, 0.717) is 6.07 Å². The minimum Gasteiger partial charge on any atom is -0.449 e. The molecule has 1 aromatic heterocycles. The second-order valence-electron chi connectivity index (χ2n) is 4.72. The summed E-state index contributed by atoms with van der Waals surface area (Å²) in [5.41, 5.74) is -3.15. The third kappa shape index (κ3) is 2.20. The second kappa shape index (κ2) is 5.08. The van der Waals surface area contributed by atoms with Gasteiger partial charge in [-0.25, -0.2) is 0 Å². The molecule has 0 atom stereocenters. The Labute approximate surface area is 130 Å². The van der Waals surface area contributed by atoms with Crippen LogP contribution in [0, 0.1) is 30.3 Å². The van der Waals surface area contributed by atoms with E-state index in [1.165, 1.54) is 0 Å². The topological polar surface area (TPSA) is 160 Å². The van der Waals surface area contributed by atoms with Crippen LogP contribution < -0.4 is 5.43 Å². The maximum Gasteiger partial charge on any atom is 0.319 e. The first kappa shape index (κ1) is 15.0. The number of rotatable bonds is 3. The van der Waals surface area contributed by atoms with Crippen molar-refractivity contribution in [1.82, 2.24) is 0 Å². The lowest BCUT2D eigenvalue weighted by Crippen LogP contribution is -2.05. The van der Waals surface area contributed by atoms with Crippen LogP contribution in [0.15, 0.2) is 39.5 Å². The van der Waals surface area contributed by atoms with Crippen molar-refractivity contribution in [2.45, 2.75) is 0 Å². The number of benzene rings is 2. The molecule has 0 fully saturated rings. The van der Waals surface area contributed by atoms with E-state index in [4.69, 9.17) is 4.42 Å². The molecule has 0 bridgehead atoms. The molecular weight excluding hydrogens is 326 g/mol. The average Bonchev–Trinajstić information content (AvgIpc) is 2.53. The molecule has 3 rings (SSSR count). The second-order valence-corrected chi connectivity index (χ2v) is 4.72. The fourth-order valence-electron chi connectivity index (χ4n) is 2.27. The fourth-order valence-corrected chi connectivity index (χ4v) is 2.27. The van der Waals surface area contributed by atoms with E-state index in [9.17, 15) is 35.1 Å². The van der Waals surface area contributed by atoms with Gasteiger partial charge < -0.3 is 4.42 Å². The lowest BCUT2D eigenvalue weighted by atomic mass is 10.1. The predicted molar refractivity (Wildman–Crippen MR) is 80.0 cm³/mol. The summed E-state index contributed by atoms with van der Waals surface area (Å²) in [6, 6.07) is 4.69. The monoisotopic (exact) mass is 331 g/mol. The average molecular weight is 331 g/mol. The molecule has 0 saturated carbocycles. The third-order valence-electron chi connectivity index (χ3n) is 3.34. The molecule has 11 heteroatoms. The molecule has 24 heavy (non-hydrogen) atoms. The molecule has 0 aliphatic carbocycles. The van der Waals surface area contributed by atoms with Gasteiger partial charge in [-0.05, 0) is 6.07 Å². The van der Waals surface area contributed by atoms with E-state index in [1.807, 2.05) is 0 Å². The summed E-state index contributed by atoms with van der Waals surface area (Å²) in [6.07, 6.45) is 0. The first-order chi connectivity index (χ1) is 11.3. The minimum absolute atomic E-state index is 0.102. The zero-order chi connectivity index (χ0) is 17.6. The Morgan fingerprint density at radius 2 is 1.42 bits per heavy atom. The molecule has 1 heterocycles. The van der Waals surface area contributed by atoms with Gasteiger partial charge in [0.2, 0.25) is 11.0 Å². The van der Waals surface area contributed by atoms with Gasteiger partial charge in [0, 0.05) is 18.2 Å². The Kier molecular flexibility index (Phi) is 3.18. The maximum absolute atomic E-state index is 12.5. The Hall–Kier alpha value is -3.89. The predicted octanol–water partition coefficient (Wildman–Crippen LogP) is 2.67. The summed E-state index contributed by atoms with van der Waals surface area (Å²) in [5, 5.41) is 32.2. The number of hydrogen-bond donors (Lipinski definition) is 0. The van der Waals surface area contributed by atoms with Crippen molar-refractivity contribution in [2.24, 2.45) is 0 Å². The molecule has 0 N–H and O–H groups in total. The smallest absolute Gasteiger partial charge is 0.319 e. The number of non-ortho nitro benzene ring substituents is 3. The van der Waals surface area contributed by atoms with Gasteiger partial charge in [-0.3, -0.25) is 35.1 Å². The van der Waals surface area contributed by atoms with Gasteiger partial charge in [0.1, 0.15) is 5.58 Å². The highest BCUT2D eigenvalue weighted by atomic mass is 16.6. The molecule has 2 aromatic carbocycles. The first-order valence-corrected chi connectivity index (χ1v) is 6.27. The molecule has 11 nitrogen and oxygen atoms in total. The standard InChI is InChI=1S/C13H5N3O8/c17-12-8-3-6(14(18)19)1-2-11(8)24-13-9(12)4-7(15(20)21)5-10(13)16(22)23/h1-5H. The largest absolute Gasteiger partial charge is 0.449 e. The first-order valence-electron chi connectivity index (χ1n) is 6.27. The summed E-state index contributed by atoms with van der Waals surface area (Å²) in [7, 11) is 0. The zero-order valence-electron chi connectivity index (χ0n) is 11.5. The number of nitro benzene ring substituents is 3. The molecular formula is C13H5N3O8. The molecule has 0 saturated heterocycles. The van der Waals surface area contributed by atoms with Gasteiger partial charge in [-0.15, -0.1) is 0 Å². The number of hydrogen-bond acceptors (Lipinski definition) is 8. The van der Waals surface area contributed by atoms with Crippen LogP contribution >= 0.6 is 0 Å². The molecule has 0 amide bonds. The fraction of sp³-hybridized carbons (Fsp3) is 0. The maximum atomic E-state index is 12.5. The molecule has 0 radical (unpaired) electrons. The SMILES string of the molecule is O=c1c2cc([N+](=O)[O-])ccc2oc2c([N+](=O)[O-])cc([N+](=O)[O-])cc12. The highest BCUT2D eigenvalue weighted by molar-refractivity contribution is 5.95. The highest BCUT2D eigenvalue weighted by Crippen LogP contribution is 2.32. The van der Waals surface area contributed by atoms with E-state index in [2.05, 4.69) is 0 Å². The van der Waals surface area contributed by atoms with Gasteiger partial charge in [-0.1, -0.05) is 0 Å². The number of fused-ring (bicyclic) bond motifs is 2. The van der Waals surface area contributed by atoms with Crippen molar-refractivity contribution in [3.8, 4) is 0 Å². The summed E-state index contributed by atoms with van der Waals surface area (Å²) in [5.74, 6) is 0. The minimum atomic E-state index is -0.907. The van der Waals surface area contributed by atoms with Crippen molar-refractivity contribution in [1.29, 1.82) is 0 Å². The van der Waals surface area contributed by atoms with Crippen molar-refractivity contribution in [3.05, 3.63) is 70.9 Å². The zero-order valence-corrected chi connectivity index (χ0v) is 11.5.